The predicted octanol–water partition coefficient (Wildman–Crippen LogP) is 1.50. The topological polar surface area (TPSA) is 79.4 Å². The SMILES string of the molecule is Cn1cnnc1Sc1ccc(CN2CCC[C@]3(CNCC[C@@H]3O)C2)o1. The van der Waals surface area contributed by atoms with E-state index >= 15 is 0 Å². The molecule has 1 spiro atoms. The van der Waals surface area contributed by atoms with Gasteiger partial charge in [-0.05, 0) is 56.2 Å². The summed E-state index contributed by atoms with van der Waals surface area (Å²) in [7, 11) is 1.92. The van der Waals surface area contributed by atoms with E-state index in [1.165, 1.54) is 11.8 Å². The highest BCUT2D eigenvalue weighted by atomic mass is 32.2. The molecule has 136 valence electrons. The smallest absolute Gasteiger partial charge is 0.198 e. The van der Waals surface area contributed by atoms with Crippen molar-refractivity contribution in [3.05, 3.63) is 24.2 Å². The van der Waals surface area contributed by atoms with E-state index in [9.17, 15) is 5.11 Å². The lowest BCUT2D eigenvalue weighted by Crippen LogP contribution is -2.57. The Morgan fingerprint density at radius 2 is 2.40 bits per heavy atom. The Morgan fingerprint density at radius 3 is 3.20 bits per heavy atom. The van der Waals surface area contributed by atoms with Gasteiger partial charge < -0.3 is 19.4 Å². The highest BCUT2D eigenvalue weighted by molar-refractivity contribution is 7.99. The number of hydrogen-bond acceptors (Lipinski definition) is 7. The Morgan fingerprint density at radius 1 is 1.48 bits per heavy atom. The van der Waals surface area contributed by atoms with E-state index in [1.54, 1.807) is 6.33 Å². The number of furan rings is 1. The number of likely N-dealkylation sites (tertiary alicyclic amines) is 1. The fourth-order valence-corrected chi connectivity index (χ4v) is 4.73. The molecule has 7 nitrogen and oxygen atoms in total. The Hall–Kier alpha value is -1.35. The Kier molecular flexibility index (Phi) is 4.86. The summed E-state index contributed by atoms with van der Waals surface area (Å²) in [5.74, 6) is 0.958. The minimum atomic E-state index is -0.199. The van der Waals surface area contributed by atoms with Crippen LogP contribution >= 0.6 is 11.8 Å². The molecule has 0 aromatic carbocycles. The minimum absolute atomic E-state index is 0.000692. The van der Waals surface area contributed by atoms with Gasteiger partial charge in [0.05, 0.1) is 12.6 Å². The fourth-order valence-electron chi connectivity index (χ4n) is 3.98. The number of aliphatic hydroxyl groups is 1. The van der Waals surface area contributed by atoms with Gasteiger partial charge in [-0.25, -0.2) is 0 Å². The Balaban J connectivity index is 1.39. The molecule has 0 saturated carbocycles. The lowest BCUT2D eigenvalue weighted by atomic mass is 9.72. The average molecular weight is 363 g/mol. The molecule has 2 N–H and O–H groups in total. The summed E-state index contributed by atoms with van der Waals surface area (Å²) in [6.07, 6.45) is 4.56. The number of aryl methyl sites for hydroxylation is 1. The van der Waals surface area contributed by atoms with Crippen LogP contribution in [0.1, 0.15) is 25.0 Å². The third kappa shape index (κ3) is 3.62. The van der Waals surface area contributed by atoms with Crippen molar-refractivity contribution >= 4 is 11.8 Å². The van der Waals surface area contributed by atoms with Gasteiger partial charge in [0.25, 0.3) is 0 Å². The van der Waals surface area contributed by atoms with Crippen molar-refractivity contribution in [3.63, 3.8) is 0 Å². The summed E-state index contributed by atoms with van der Waals surface area (Å²) in [6.45, 7) is 4.60. The molecule has 2 aromatic heterocycles. The second-order valence-electron chi connectivity index (χ2n) is 7.21. The van der Waals surface area contributed by atoms with E-state index in [-0.39, 0.29) is 11.5 Å². The van der Waals surface area contributed by atoms with Crippen LogP contribution < -0.4 is 5.32 Å². The van der Waals surface area contributed by atoms with Gasteiger partial charge in [0.1, 0.15) is 12.1 Å². The van der Waals surface area contributed by atoms with Gasteiger partial charge in [-0.3, -0.25) is 4.90 Å². The largest absolute Gasteiger partial charge is 0.453 e. The minimum Gasteiger partial charge on any atom is -0.453 e. The lowest BCUT2D eigenvalue weighted by molar-refractivity contribution is -0.0526. The van der Waals surface area contributed by atoms with Crippen LogP contribution in [0.25, 0.3) is 0 Å². The van der Waals surface area contributed by atoms with E-state index in [0.717, 1.165) is 68.0 Å². The lowest BCUT2D eigenvalue weighted by Gasteiger charge is -2.48. The van der Waals surface area contributed by atoms with Crippen LogP contribution in [-0.4, -0.2) is 57.1 Å². The van der Waals surface area contributed by atoms with Crippen LogP contribution in [0, 0.1) is 5.41 Å². The zero-order valence-electron chi connectivity index (χ0n) is 14.5. The zero-order valence-corrected chi connectivity index (χ0v) is 15.3. The summed E-state index contributed by atoms with van der Waals surface area (Å²) >= 11 is 1.48. The predicted molar refractivity (Wildman–Crippen MR) is 94.3 cm³/mol. The van der Waals surface area contributed by atoms with E-state index in [2.05, 4.69) is 20.4 Å². The summed E-state index contributed by atoms with van der Waals surface area (Å²) in [4.78, 5) is 2.41. The van der Waals surface area contributed by atoms with Gasteiger partial charge >= 0.3 is 0 Å². The molecule has 0 radical (unpaired) electrons. The van der Waals surface area contributed by atoms with Crippen molar-refractivity contribution in [2.45, 2.75) is 42.2 Å². The van der Waals surface area contributed by atoms with Gasteiger partial charge in [-0.1, -0.05) is 0 Å². The van der Waals surface area contributed by atoms with Crippen molar-refractivity contribution in [2.24, 2.45) is 12.5 Å². The highest BCUT2D eigenvalue weighted by Crippen LogP contribution is 2.37. The first-order chi connectivity index (χ1) is 12.1. The summed E-state index contributed by atoms with van der Waals surface area (Å²) < 4.78 is 7.85. The standard InChI is InChI=1S/C17H25N5O2S/c1-21-12-19-20-16(21)25-15-4-3-13(24-15)9-22-8-2-6-17(11-22)10-18-7-5-14(17)23/h3-4,12,14,18,23H,2,5-11H2,1H3/t14-,17-/m0/s1. The maximum Gasteiger partial charge on any atom is 0.198 e. The molecule has 0 bridgehead atoms. The average Bonchev–Trinajstić information content (AvgIpc) is 3.21. The van der Waals surface area contributed by atoms with E-state index in [0.29, 0.717) is 0 Å². The first-order valence-corrected chi connectivity index (χ1v) is 9.68. The van der Waals surface area contributed by atoms with E-state index < -0.39 is 0 Å². The molecule has 2 atom stereocenters. The molecule has 2 fully saturated rings. The number of nitrogens with zero attached hydrogens (tertiary/aromatic N) is 4. The molecule has 0 amide bonds. The molecule has 8 heteroatoms. The van der Waals surface area contributed by atoms with Crippen molar-refractivity contribution in [1.29, 1.82) is 0 Å². The first-order valence-electron chi connectivity index (χ1n) is 8.86. The van der Waals surface area contributed by atoms with Crippen LogP contribution in [-0.2, 0) is 13.6 Å². The molecule has 2 aliphatic heterocycles. The number of aromatic nitrogens is 3. The van der Waals surface area contributed by atoms with Crippen LogP contribution in [0.15, 0.2) is 33.1 Å². The maximum absolute atomic E-state index is 10.5. The van der Waals surface area contributed by atoms with Crippen molar-refractivity contribution < 1.29 is 9.52 Å². The van der Waals surface area contributed by atoms with Crippen LogP contribution in [0.5, 0.6) is 0 Å². The van der Waals surface area contributed by atoms with Gasteiger partial charge in [-0.15, -0.1) is 10.2 Å². The third-order valence-electron chi connectivity index (χ3n) is 5.34. The van der Waals surface area contributed by atoms with E-state index in [4.69, 9.17) is 4.42 Å². The zero-order chi connectivity index (χ0) is 17.3. The number of nitrogens with one attached hydrogen (secondary N) is 1. The molecule has 4 rings (SSSR count). The molecular formula is C17H25N5O2S. The quantitative estimate of drug-likeness (QED) is 0.852. The number of rotatable bonds is 4. The second-order valence-corrected chi connectivity index (χ2v) is 8.18. The molecule has 25 heavy (non-hydrogen) atoms. The van der Waals surface area contributed by atoms with Gasteiger partial charge in [-0.2, -0.15) is 0 Å². The van der Waals surface area contributed by atoms with Crippen LogP contribution in [0.2, 0.25) is 0 Å². The number of aliphatic hydroxyl groups excluding tert-OH is 1. The number of hydrogen-bond donors (Lipinski definition) is 2. The monoisotopic (exact) mass is 363 g/mol. The molecule has 2 aliphatic rings. The third-order valence-corrected chi connectivity index (χ3v) is 6.32. The summed E-state index contributed by atoms with van der Waals surface area (Å²) in [6, 6.07) is 4.03. The first kappa shape index (κ1) is 17.1. The van der Waals surface area contributed by atoms with Crippen molar-refractivity contribution in [3.8, 4) is 0 Å². The summed E-state index contributed by atoms with van der Waals surface area (Å²) in [5, 5.41) is 23.6. The van der Waals surface area contributed by atoms with Crippen LogP contribution in [0.4, 0.5) is 0 Å². The normalized spacial score (nSPS) is 27.8. The highest BCUT2D eigenvalue weighted by Gasteiger charge is 2.43. The molecule has 0 unspecified atom stereocenters. The van der Waals surface area contributed by atoms with Gasteiger partial charge in [0.15, 0.2) is 10.2 Å². The van der Waals surface area contributed by atoms with E-state index in [1.807, 2.05) is 23.7 Å². The Labute approximate surface area is 151 Å². The fraction of sp³-hybridized carbons (Fsp3) is 0.647. The molecule has 2 saturated heterocycles. The Bertz CT molecular complexity index is 713. The van der Waals surface area contributed by atoms with Gasteiger partial charge in [0.2, 0.25) is 0 Å². The second kappa shape index (κ2) is 7.11. The maximum atomic E-state index is 10.5. The molecule has 4 heterocycles. The van der Waals surface area contributed by atoms with Crippen molar-refractivity contribution in [1.82, 2.24) is 25.0 Å². The van der Waals surface area contributed by atoms with Crippen molar-refractivity contribution in [2.75, 3.05) is 26.2 Å². The number of piperidine rings is 2. The molecular weight excluding hydrogens is 338 g/mol. The molecule has 2 aromatic rings. The molecule has 0 aliphatic carbocycles. The summed E-state index contributed by atoms with van der Waals surface area (Å²) in [5.41, 5.74) is -0.000692. The van der Waals surface area contributed by atoms with Gasteiger partial charge in [0, 0.05) is 25.6 Å². The van der Waals surface area contributed by atoms with Crippen LogP contribution in [0.3, 0.4) is 0 Å².